The second kappa shape index (κ2) is 12.0. The molecule has 0 amide bonds. The van der Waals surface area contributed by atoms with E-state index in [1.54, 1.807) is 0 Å². The number of rotatable bonds is 9. The molecular formula is C14H24O2. The first-order valence-corrected chi connectivity index (χ1v) is 6.29. The van der Waals surface area contributed by atoms with Gasteiger partial charge in [0.25, 0.3) is 0 Å². The summed E-state index contributed by atoms with van der Waals surface area (Å²) >= 11 is 0. The summed E-state index contributed by atoms with van der Waals surface area (Å²) in [4.78, 5) is 10.9. The molecule has 0 spiro atoms. The lowest BCUT2D eigenvalue weighted by molar-refractivity contribution is -0.137. The van der Waals surface area contributed by atoms with E-state index in [4.69, 9.17) is 4.74 Å². The molecule has 0 aromatic carbocycles. The fourth-order valence-electron chi connectivity index (χ4n) is 1.30. The Morgan fingerprint density at radius 1 is 1.00 bits per heavy atom. The molecule has 0 bridgehead atoms. The number of carbonyl (C=O) groups is 1. The SMILES string of the molecule is CCCC=CCCCCC=CC(=O)OCC. The Morgan fingerprint density at radius 3 is 2.25 bits per heavy atom. The van der Waals surface area contributed by atoms with E-state index in [-0.39, 0.29) is 5.97 Å². The molecular weight excluding hydrogens is 200 g/mol. The molecule has 0 fully saturated rings. The number of unbranched alkanes of at least 4 members (excludes halogenated alkanes) is 4. The van der Waals surface area contributed by atoms with E-state index in [1.807, 2.05) is 13.0 Å². The molecule has 0 heterocycles. The molecule has 0 aliphatic carbocycles. The standard InChI is InChI=1S/C14H24O2/c1-3-5-6-7-8-9-10-11-12-13-14(15)16-4-2/h6-7,12-13H,3-5,8-11H2,1-2H3. The van der Waals surface area contributed by atoms with Crippen LogP contribution in [0.4, 0.5) is 0 Å². The molecule has 16 heavy (non-hydrogen) atoms. The van der Waals surface area contributed by atoms with Crippen molar-refractivity contribution in [2.45, 2.75) is 52.4 Å². The van der Waals surface area contributed by atoms with Gasteiger partial charge in [-0.15, -0.1) is 0 Å². The van der Waals surface area contributed by atoms with Crippen molar-refractivity contribution in [3.05, 3.63) is 24.3 Å². The molecule has 0 atom stereocenters. The van der Waals surface area contributed by atoms with Crippen LogP contribution in [0, 0.1) is 0 Å². The Balaban J connectivity index is 3.29. The molecule has 0 aliphatic heterocycles. The Morgan fingerprint density at radius 2 is 1.62 bits per heavy atom. The molecule has 0 aliphatic rings. The summed E-state index contributed by atoms with van der Waals surface area (Å²) in [6.45, 7) is 4.45. The highest BCUT2D eigenvalue weighted by molar-refractivity contribution is 5.81. The molecule has 0 saturated heterocycles. The van der Waals surface area contributed by atoms with E-state index in [0.29, 0.717) is 6.61 Å². The maximum atomic E-state index is 10.9. The molecule has 0 aromatic rings. The van der Waals surface area contributed by atoms with Crippen LogP contribution in [-0.4, -0.2) is 12.6 Å². The number of hydrogen-bond donors (Lipinski definition) is 0. The Labute approximate surface area is 99.4 Å². The van der Waals surface area contributed by atoms with Gasteiger partial charge in [-0.1, -0.05) is 31.6 Å². The number of ether oxygens (including phenoxy) is 1. The van der Waals surface area contributed by atoms with Crippen LogP contribution >= 0.6 is 0 Å². The average Bonchev–Trinajstić information content (AvgIpc) is 2.27. The molecule has 0 rings (SSSR count). The van der Waals surface area contributed by atoms with Crippen LogP contribution < -0.4 is 0 Å². The highest BCUT2D eigenvalue weighted by atomic mass is 16.5. The number of esters is 1. The third kappa shape index (κ3) is 11.0. The van der Waals surface area contributed by atoms with E-state index >= 15 is 0 Å². The van der Waals surface area contributed by atoms with E-state index < -0.39 is 0 Å². The van der Waals surface area contributed by atoms with Crippen molar-refractivity contribution in [1.29, 1.82) is 0 Å². The van der Waals surface area contributed by atoms with Gasteiger partial charge in [-0.25, -0.2) is 4.79 Å². The first-order valence-electron chi connectivity index (χ1n) is 6.29. The highest BCUT2D eigenvalue weighted by Crippen LogP contribution is 2.02. The van der Waals surface area contributed by atoms with Gasteiger partial charge in [0.05, 0.1) is 6.61 Å². The Hall–Kier alpha value is -1.05. The first-order chi connectivity index (χ1) is 7.81. The fraction of sp³-hybridized carbons (Fsp3) is 0.643. The van der Waals surface area contributed by atoms with Crippen molar-refractivity contribution in [3.8, 4) is 0 Å². The predicted octanol–water partition coefficient (Wildman–Crippen LogP) is 4.02. The third-order valence-corrected chi connectivity index (χ3v) is 2.15. The topological polar surface area (TPSA) is 26.3 Å². The third-order valence-electron chi connectivity index (χ3n) is 2.15. The van der Waals surface area contributed by atoms with E-state index in [2.05, 4.69) is 19.1 Å². The first kappa shape index (κ1) is 14.9. The van der Waals surface area contributed by atoms with Crippen LogP contribution in [0.2, 0.25) is 0 Å². The number of carbonyl (C=O) groups excluding carboxylic acids is 1. The molecule has 0 aromatic heterocycles. The van der Waals surface area contributed by atoms with Gasteiger partial charge in [0.2, 0.25) is 0 Å². The molecule has 0 saturated carbocycles. The van der Waals surface area contributed by atoms with E-state index in [0.717, 1.165) is 19.3 Å². The lowest BCUT2D eigenvalue weighted by atomic mass is 10.1. The number of hydrogen-bond acceptors (Lipinski definition) is 2. The molecule has 0 N–H and O–H groups in total. The monoisotopic (exact) mass is 224 g/mol. The van der Waals surface area contributed by atoms with Gasteiger partial charge in [-0.2, -0.15) is 0 Å². The largest absolute Gasteiger partial charge is 0.463 e. The maximum Gasteiger partial charge on any atom is 0.330 e. The zero-order chi connectivity index (χ0) is 12.1. The maximum absolute atomic E-state index is 10.9. The minimum Gasteiger partial charge on any atom is -0.463 e. The van der Waals surface area contributed by atoms with Gasteiger partial charge in [-0.3, -0.25) is 0 Å². The van der Waals surface area contributed by atoms with Crippen molar-refractivity contribution in [3.63, 3.8) is 0 Å². The Kier molecular flexibility index (Phi) is 11.2. The predicted molar refractivity (Wildman–Crippen MR) is 68.3 cm³/mol. The van der Waals surface area contributed by atoms with Crippen molar-refractivity contribution >= 4 is 5.97 Å². The van der Waals surface area contributed by atoms with Crippen molar-refractivity contribution in [2.24, 2.45) is 0 Å². The molecule has 0 radical (unpaired) electrons. The van der Waals surface area contributed by atoms with Gasteiger partial charge >= 0.3 is 5.97 Å². The van der Waals surface area contributed by atoms with Crippen LogP contribution in [0.5, 0.6) is 0 Å². The molecule has 92 valence electrons. The second-order valence-corrected chi connectivity index (χ2v) is 3.70. The van der Waals surface area contributed by atoms with Gasteiger partial charge in [0.1, 0.15) is 0 Å². The minimum absolute atomic E-state index is 0.231. The lowest BCUT2D eigenvalue weighted by Crippen LogP contribution is -1.98. The summed E-state index contributed by atoms with van der Waals surface area (Å²) in [6, 6.07) is 0. The van der Waals surface area contributed by atoms with Crippen LogP contribution in [0.15, 0.2) is 24.3 Å². The smallest absolute Gasteiger partial charge is 0.330 e. The van der Waals surface area contributed by atoms with Crippen molar-refractivity contribution in [1.82, 2.24) is 0 Å². The minimum atomic E-state index is -0.231. The summed E-state index contributed by atoms with van der Waals surface area (Å²) in [5.74, 6) is -0.231. The zero-order valence-electron chi connectivity index (χ0n) is 10.6. The summed E-state index contributed by atoms with van der Waals surface area (Å²) < 4.78 is 4.78. The van der Waals surface area contributed by atoms with E-state index in [1.165, 1.54) is 25.3 Å². The summed E-state index contributed by atoms with van der Waals surface area (Å²) in [6.07, 6.45) is 14.7. The average molecular weight is 224 g/mol. The molecule has 0 unspecified atom stereocenters. The van der Waals surface area contributed by atoms with Crippen LogP contribution in [0.1, 0.15) is 52.4 Å². The molecule has 2 heteroatoms. The highest BCUT2D eigenvalue weighted by Gasteiger charge is 1.91. The van der Waals surface area contributed by atoms with Gasteiger partial charge in [0.15, 0.2) is 0 Å². The fourth-order valence-corrected chi connectivity index (χ4v) is 1.30. The lowest BCUT2D eigenvalue weighted by Gasteiger charge is -1.95. The van der Waals surface area contributed by atoms with E-state index in [9.17, 15) is 4.79 Å². The molecule has 2 nitrogen and oxygen atoms in total. The zero-order valence-corrected chi connectivity index (χ0v) is 10.6. The van der Waals surface area contributed by atoms with Crippen LogP contribution in [0.25, 0.3) is 0 Å². The van der Waals surface area contributed by atoms with Gasteiger partial charge < -0.3 is 4.74 Å². The summed E-state index contributed by atoms with van der Waals surface area (Å²) in [5, 5.41) is 0. The van der Waals surface area contributed by atoms with Crippen LogP contribution in [0.3, 0.4) is 0 Å². The van der Waals surface area contributed by atoms with Gasteiger partial charge in [0, 0.05) is 6.08 Å². The van der Waals surface area contributed by atoms with Crippen molar-refractivity contribution in [2.75, 3.05) is 6.61 Å². The summed E-state index contributed by atoms with van der Waals surface area (Å²) in [7, 11) is 0. The second-order valence-electron chi connectivity index (χ2n) is 3.70. The van der Waals surface area contributed by atoms with Crippen LogP contribution in [-0.2, 0) is 9.53 Å². The Bertz CT molecular complexity index is 217. The quantitative estimate of drug-likeness (QED) is 0.256. The normalized spacial score (nSPS) is 11.4. The number of allylic oxidation sites excluding steroid dienone is 3. The van der Waals surface area contributed by atoms with Gasteiger partial charge in [-0.05, 0) is 39.0 Å². The van der Waals surface area contributed by atoms with Crippen molar-refractivity contribution < 1.29 is 9.53 Å². The summed E-state index contributed by atoms with van der Waals surface area (Å²) in [5.41, 5.74) is 0.